The molecule has 5 heteroatoms. The van der Waals surface area contributed by atoms with Gasteiger partial charge in [0.05, 0.1) is 0 Å². The highest BCUT2D eigenvalue weighted by Gasteiger charge is 2.13. The minimum Gasteiger partial charge on any atom is -0.489 e. The molecule has 1 aliphatic heterocycles. The van der Waals surface area contributed by atoms with Gasteiger partial charge in [-0.1, -0.05) is 45.7 Å². The third-order valence-electron chi connectivity index (χ3n) is 4.23. The summed E-state index contributed by atoms with van der Waals surface area (Å²) in [7, 11) is 0. The van der Waals surface area contributed by atoms with Gasteiger partial charge in [0.15, 0.2) is 0 Å². The maximum absolute atomic E-state index is 5.97. The number of hydrogen-bond acceptors (Lipinski definition) is 3. The lowest BCUT2D eigenvalue weighted by atomic mass is 10.1. The normalized spacial score (nSPS) is 17.2. The zero-order chi connectivity index (χ0) is 16.8. The van der Waals surface area contributed by atoms with E-state index in [0.29, 0.717) is 6.61 Å². The van der Waals surface area contributed by atoms with Gasteiger partial charge in [-0.3, -0.25) is 0 Å². The second-order valence-electron chi connectivity index (χ2n) is 6.16. The third-order valence-corrected chi connectivity index (χ3v) is 5.21. The monoisotopic (exact) mass is 408 g/mol. The first-order valence-electron chi connectivity index (χ1n) is 8.28. The Balaban J connectivity index is 1.50. The molecule has 24 heavy (non-hydrogen) atoms. The summed E-state index contributed by atoms with van der Waals surface area (Å²) in [5.41, 5.74) is 2.32. The Morgan fingerprint density at radius 3 is 2.96 bits per heavy atom. The lowest BCUT2D eigenvalue weighted by Crippen LogP contribution is -2.24. The zero-order valence-electron chi connectivity index (χ0n) is 13.5. The molecule has 1 aliphatic rings. The summed E-state index contributed by atoms with van der Waals surface area (Å²) in [6.45, 7) is 4.73. The van der Waals surface area contributed by atoms with Gasteiger partial charge in [-0.25, -0.2) is 0 Å². The van der Waals surface area contributed by atoms with Crippen LogP contribution in [0.3, 0.4) is 0 Å². The predicted octanol–water partition coefficient (Wildman–Crippen LogP) is 4.38. The molecule has 0 bridgehead atoms. The predicted molar refractivity (Wildman–Crippen MR) is 103 cm³/mol. The Bertz CT molecular complexity index is 674. The molecule has 128 valence electrons. The van der Waals surface area contributed by atoms with E-state index in [9.17, 15) is 0 Å². The number of benzene rings is 2. The molecule has 1 saturated heterocycles. The van der Waals surface area contributed by atoms with Crippen molar-refractivity contribution in [2.24, 2.45) is 5.92 Å². The second-order valence-corrected chi connectivity index (χ2v) is 7.45. The van der Waals surface area contributed by atoms with E-state index < -0.39 is 0 Å². The summed E-state index contributed by atoms with van der Waals surface area (Å²) >= 11 is 9.49. The molecule has 2 aromatic rings. The summed E-state index contributed by atoms with van der Waals surface area (Å²) in [5.74, 6) is 1.64. The second kappa shape index (κ2) is 8.86. The molecule has 0 aromatic heterocycles. The quantitative estimate of drug-likeness (QED) is 0.712. The van der Waals surface area contributed by atoms with Crippen LogP contribution in [-0.4, -0.2) is 19.6 Å². The molecule has 3 nitrogen and oxygen atoms in total. The van der Waals surface area contributed by atoms with Crippen LogP contribution in [-0.2, 0) is 13.2 Å². The van der Waals surface area contributed by atoms with Crippen LogP contribution >= 0.6 is 27.5 Å². The van der Waals surface area contributed by atoms with Crippen molar-refractivity contribution in [2.75, 3.05) is 19.6 Å². The van der Waals surface area contributed by atoms with Gasteiger partial charge < -0.3 is 15.4 Å². The smallest absolute Gasteiger partial charge is 0.120 e. The van der Waals surface area contributed by atoms with E-state index >= 15 is 0 Å². The van der Waals surface area contributed by atoms with Crippen molar-refractivity contribution >= 4 is 27.5 Å². The van der Waals surface area contributed by atoms with E-state index in [0.717, 1.165) is 52.9 Å². The number of hydrogen-bond donors (Lipinski definition) is 2. The fraction of sp³-hybridized carbons (Fsp3) is 0.368. The van der Waals surface area contributed by atoms with Crippen LogP contribution < -0.4 is 15.4 Å². The lowest BCUT2D eigenvalue weighted by Gasteiger charge is -2.12. The Labute approximate surface area is 156 Å². The van der Waals surface area contributed by atoms with Crippen molar-refractivity contribution in [3.63, 3.8) is 0 Å². The maximum atomic E-state index is 5.97. The van der Waals surface area contributed by atoms with Gasteiger partial charge in [-0.05, 0) is 61.8 Å². The van der Waals surface area contributed by atoms with Crippen LogP contribution in [0, 0.1) is 5.92 Å². The minimum absolute atomic E-state index is 0.516. The Morgan fingerprint density at radius 2 is 2.17 bits per heavy atom. The van der Waals surface area contributed by atoms with Crippen molar-refractivity contribution in [2.45, 2.75) is 19.6 Å². The molecular weight excluding hydrogens is 388 g/mol. The highest BCUT2D eigenvalue weighted by atomic mass is 79.9. The molecule has 1 fully saturated rings. The average Bonchev–Trinajstić information content (AvgIpc) is 3.08. The maximum Gasteiger partial charge on any atom is 0.120 e. The average molecular weight is 410 g/mol. The number of rotatable bonds is 7. The molecule has 1 unspecified atom stereocenters. The van der Waals surface area contributed by atoms with Gasteiger partial charge in [0, 0.05) is 21.6 Å². The van der Waals surface area contributed by atoms with Crippen LogP contribution in [0.2, 0.25) is 5.02 Å². The van der Waals surface area contributed by atoms with E-state index in [1.165, 1.54) is 12.0 Å². The molecular formula is C19H22BrClN2O. The summed E-state index contributed by atoms with van der Waals surface area (Å²) < 4.78 is 6.89. The molecule has 2 N–H and O–H groups in total. The number of nitrogens with one attached hydrogen (secondary N) is 2. The third kappa shape index (κ3) is 5.21. The van der Waals surface area contributed by atoms with Crippen LogP contribution in [0.1, 0.15) is 17.5 Å². The number of halogens is 2. The molecule has 0 aliphatic carbocycles. The van der Waals surface area contributed by atoms with Crippen molar-refractivity contribution in [1.82, 2.24) is 10.6 Å². The van der Waals surface area contributed by atoms with Gasteiger partial charge in [0.25, 0.3) is 0 Å². The fourth-order valence-electron chi connectivity index (χ4n) is 2.85. The Kier molecular flexibility index (Phi) is 6.55. The molecule has 1 heterocycles. The molecule has 0 radical (unpaired) electrons. The SMILES string of the molecule is Clc1ccc(COc2cccc(CNCC3CCNC3)c2)c(Br)c1. The van der Waals surface area contributed by atoms with Gasteiger partial charge >= 0.3 is 0 Å². The lowest BCUT2D eigenvalue weighted by molar-refractivity contribution is 0.305. The van der Waals surface area contributed by atoms with Crippen LogP contribution in [0.4, 0.5) is 0 Å². The van der Waals surface area contributed by atoms with Gasteiger partial charge in [-0.15, -0.1) is 0 Å². The van der Waals surface area contributed by atoms with E-state index in [-0.39, 0.29) is 0 Å². The molecule has 0 saturated carbocycles. The van der Waals surface area contributed by atoms with Crippen LogP contribution in [0.5, 0.6) is 5.75 Å². The van der Waals surface area contributed by atoms with E-state index in [1.807, 2.05) is 30.3 Å². The van der Waals surface area contributed by atoms with Gasteiger partial charge in [0.1, 0.15) is 12.4 Å². The summed E-state index contributed by atoms with van der Waals surface area (Å²) in [5, 5.41) is 7.66. The number of ether oxygens (including phenoxy) is 1. The first kappa shape index (κ1) is 17.7. The van der Waals surface area contributed by atoms with Crippen molar-refractivity contribution < 1.29 is 4.74 Å². The van der Waals surface area contributed by atoms with Gasteiger partial charge in [-0.2, -0.15) is 0 Å². The standard InChI is InChI=1S/C19H22BrClN2O/c20-19-9-17(21)5-4-16(19)13-24-18-3-1-2-14(8-18)10-23-12-15-6-7-22-11-15/h1-5,8-9,15,22-23H,6-7,10-13H2. The van der Waals surface area contributed by atoms with Crippen LogP contribution in [0.15, 0.2) is 46.9 Å². The summed E-state index contributed by atoms with van der Waals surface area (Å²) in [4.78, 5) is 0. The van der Waals surface area contributed by atoms with E-state index in [1.54, 1.807) is 0 Å². The molecule has 0 spiro atoms. The van der Waals surface area contributed by atoms with E-state index in [4.69, 9.17) is 16.3 Å². The van der Waals surface area contributed by atoms with Crippen LogP contribution in [0.25, 0.3) is 0 Å². The highest BCUT2D eigenvalue weighted by Crippen LogP contribution is 2.23. The Hall–Kier alpha value is -1.07. The first-order chi connectivity index (χ1) is 11.7. The first-order valence-corrected chi connectivity index (χ1v) is 9.45. The zero-order valence-corrected chi connectivity index (χ0v) is 15.9. The topological polar surface area (TPSA) is 33.3 Å². The highest BCUT2D eigenvalue weighted by molar-refractivity contribution is 9.10. The largest absolute Gasteiger partial charge is 0.489 e. The molecule has 1 atom stereocenters. The fourth-order valence-corrected chi connectivity index (χ4v) is 3.65. The van der Waals surface area contributed by atoms with E-state index in [2.05, 4.69) is 38.7 Å². The Morgan fingerprint density at radius 1 is 1.25 bits per heavy atom. The summed E-state index contributed by atoms with van der Waals surface area (Å²) in [6, 6.07) is 14.0. The molecule has 2 aromatic carbocycles. The minimum atomic E-state index is 0.516. The van der Waals surface area contributed by atoms with Gasteiger partial charge in [0.2, 0.25) is 0 Å². The van der Waals surface area contributed by atoms with Crippen molar-refractivity contribution in [3.05, 3.63) is 63.1 Å². The molecule has 3 rings (SSSR count). The van der Waals surface area contributed by atoms with Crippen molar-refractivity contribution in [3.8, 4) is 5.75 Å². The summed E-state index contributed by atoms with van der Waals surface area (Å²) in [6.07, 6.45) is 1.27. The van der Waals surface area contributed by atoms with Crippen molar-refractivity contribution in [1.29, 1.82) is 0 Å². The molecule has 0 amide bonds.